The summed E-state index contributed by atoms with van der Waals surface area (Å²) in [5, 5.41) is 13.1. The molecule has 4 rings (SSSR count). The molecule has 4 aromatic rings. The summed E-state index contributed by atoms with van der Waals surface area (Å²) < 4.78 is 6.03. The summed E-state index contributed by atoms with van der Waals surface area (Å²) >= 11 is 6.23. The van der Waals surface area contributed by atoms with Crippen molar-refractivity contribution in [3.05, 3.63) is 107 Å². The number of H-pyrrole nitrogens is 1. The average molecular weight is 490 g/mol. The second-order valence-electron chi connectivity index (χ2n) is 7.91. The van der Waals surface area contributed by atoms with Gasteiger partial charge in [0.25, 0.3) is 11.8 Å². The zero-order valence-corrected chi connectivity index (χ0v) is 19.5. The van der Waals surface area contributed by atoms with Crippen LogP contribution in [0.4, 0.5) is 0 Å². The third-order valence-corrected chi connectivity index (χ3v) is 5.77. The Morgan fingerprint density at radius 2 is 1.86 bits per heavy atom. The van der Waals surface area contributed by atoms with E-state index < -0.39 is 5.91 Å². The molecule has 4 N–H and O–H groups in total. The highest BCUT2D eigenvalue weighted by atomic mass is 35.5. The Balaban J connectivity index is 1.52. The predicted molar refractivity (Wildman–Crippen MR) is 136 cm³/mol. The minimum atomic E-state index is -0.627. The number of para-hydroxylation sites is 1. The van der Waals surface area contributed by atoms with Crippen molar-refractivity contribution in [1.82, 2.24) is 15.8 Å². The van der Waals surface area contributed by atoms with E-state index in [9.17, 15) is 9.59 Å². The molecule has 0 saturated heterocycles. The second kappa shape index (κ2) is 11.4. The lowest BCUT2D eigenvalue weighted by Crippen LogP contribution is -2.40. The molecule has 1 aromatic heterocycles. The first-order chi connectivity index (χ1) is 17.0. The Labute approximate surface area is 207 Å². The third-order valence-electron chi connectivity index (χ3n) is 5.44. The maximum atomic E-state index is 13.0. The van der Waals surface area contributed by atoms with E-state index >= 15 is 0 Å². The second-order valence-corrected chi connectivity index (χ2v) is 8.31. The molecule has 0 bridgehead atoms. The molecule has 0 spiro atoms. The van der Waals surface area contributed by atoms with Crippen LogP contribution in [0, 0.1) is 0 Å². The van der Waals surface area contributed by atoms with Gasteiger partial charge in [-0.15, -0.1) is 0 Å². The minimum Gasteiger partial charge on any atom is -0.491 e. The van der Waals surface area contributed by atoms with Crippen LogP contribution >= 0.6 is 11.6 Å². The van der Waals surface area contributed by atoms with Crippen molar-refractivity contribution >= 4 is 40.4 Å². The topological polar surface area (TPSA) is 103 Å². The molecule has 178 valence electrons. The number of halogens is 1. The number of rotatable bonds is 9. The molecule has 3 aromatic carbocycles. The lowest BCUT2D eigenvalue weighted by molar-refractivity contribution is -0.124. The predicted octanol–water partition coefficient (Wildman–Crippen LogP) is 4.76. The van der Waals surface area contributed by atoms with Gasteiger partial charge in [-0.2, -0.15) is 0 Å². The van der Waals surface area contributed by atoms with Gasteiger partial charge in [-0.1, -0.05) is 54.1 Å². The molecule has 0 aliphatic carbocycles. The van der Waals surface area contributed by atoms with E-state index in [-0.39, 0.29) is 18.6 Å². The first kappa shape index (κ1) is 24.1. The summed E-state index contributed by atoms with van der Waals surface area (Å²) in [4.78, 5) is 27.5. The lowest BCUT2D eigenvalue weighted by Gasteiger charge is -2.20. The highest BCUT2D eigenvalue weighted by molar-refractivity contribution is 6.33. The van der Waals surface area contributed by atoms with E-state index in [1.807, 2.05) is 30.5 Å². The van der Waals surface area contributed by atoms with Gasteiger partial charge >= 0.3 is 0 Å². The minimum absolute atomic E-state index is 0.208. The van der Waals surface area contributed by atoms with E-state index in [1.165, 1.54) is 6.08 Å². The molecule has 35 heavy (non-hydrogen) atoms. The molecule has 2 amide bonds. The van der Waals surface area contributed by atoms with Gasteiger partial charge in [-0.3, -0.25) is 14.8 Å². The van der Waals surface area contributed by atoms with Crippen LogP contribution in [-0.4, -0.2) is 34.7 Å². The normalized spacial score (nSPS) is 11.9. The summed E-state index contributed by atoms with van der Waals surface area (Å²) in [6, 6.07) is 21.7. The van der Waals surface area contributed by atoms with Crippen molar-refractivity contribution in [2.24, 2.45) is 0 Å². The molecule has 0 fully saturated rings. The monoisotopic (exact) mass is 489 g/mol. The van der Waals surface area contributed by atoms with Gasteiger partial charge in [0, 0.05) is 23.2 Å². The van der Waals surface area contributed by atoms with Crippen LogP contribution in [0.1, 0.15) is 21.5 Å². The number of aromatic amines is 1. The maximum Gasteiger partial charge on any atom is 0.267 e. The number of hydrogen-bond donors (Lipinski definition) is 4. The highest BCUT2D eigenvalue weighted by Gasteiger charge is 2.19. The fourth-order valence-corrected chi connectivity index (χ4v) is 3.96. The number of benzene rings is 3. The fourth-order valence-electron chi connectivity index (χ4n) is 3.74. The standard InChI is InChI=1S/C27H24ClN3O4/c28-24-10-3-1-9-23(24)27(33)30-20(15-19-16-29-25-11-4-2-8-22(19)25)17-35-21-7-5-6-18(14-21)12-13-26(32)31-34/h1-14,16,20,29,34H,15,17H2,(H,30,33)(H,31,32)/b13-12+/t20-/m0/s1. The van der Waals surface area contributed by atoms with Crippen molar-refractivity contribution < 1.29 is 19.5 Å². The van der Waals surface area contributed by atoms with E-state index in [1.54, 1.807) is 60.1 Å². The number of ether oxygens (including phenoxy) is 1. The van der Waals surface area contributed by atoms with Crippen LogP contribution in [0.2, 0.25) is 5.02 Å². The molecule has 8 heteroatoms. The van der Waals surface area contributed by atoms with Crippen LogP contribution < -0.4 is 15.5 Å². The number of hydroxylamine groups is 1. The van der Waals surface area contributed by atoms with E-state index in [0.717, 1.165) is 22.0 Å². The third kappa shape index (κ3) is 6.29. The quantitative estimate of drug-likeness (QED) is 0.154. The van der Waals surface area contributed by atoms with Gasteiger partial charge in [-0.25, -0.2) is 5.48 Å². The van der Waals surface area contributed by atoms with Gasteiger partial charge in [0.1, 0.15) is 12.4 Å². The number of aromatic nitrogens is 1. The van der Waals surface area contributed by atoms with Crippen molar-refractivity contribution in [3.8, 4) is 5.75 Å². The Hall–Kier alpha value is -4.07. The Morgan fingerprint density at radius 3 is 2.69 bits per heavy atom. The molecule has 0 unspecified atom stereocenters. The van der Waals surface area contributed by atoms with Crippen LogP contribution in [0.25, 0.3) is 17.0 Å². The van der Waals surface area contributed by atoms with Gasteiger partial charge in [0.05, 0.1) is 16.6 Å². The van der Waals surface area contributed by atoms with Gasteiger partial charge in [-0.05, 0) is 54.0 Å². The summed E-state index contributed by atoms with van der Waals surface area (Å²) in [5.74, 6) is -0.333. The van der Waals surface area contributed by atoms with Crippen molar-refractivity contribution in [2.45, 2.75) is 12.5 Å². The first-order valence-corrected chi connectivity index (χ1v) is 11.4. The SMILES string of the molecule is O=C(/C=C/c1cccc(OC[C@H](Cc2c[nH]c3ccccc23)NC(=O)c2ccccc2Cl)c1)NO. The van der Waals surface area contributed by atoms with Crippen molar-refractivity contribution in [2.75, 3.05) is 6.61 Å². The van der Waals surface area contributed by atoms with Crippen LogP contribution in [0.3, 0.4) is 0 Å². The number of fused-ring (bicyclic) bond motifs is 1. The zero-order chi connectivity index (χ0) is 24.6. The van der Waals surface area contributed by atoms with Gasteiger partial charge in [0.2, 0.25) is 0 Å². The van der Waals surface area contributed by atoms with Crippen molar-refractivity contribution in [3.63, 3.8) is 0 Å². The summed E-state index contributed by atoms with van der Waals surface area (Å²) in [6.45, 7) is 0.208. The first-order valence-electron chi connectivity index (χ1n) is 11.0. The number of carbonyl (C=O) groups excluding carboxylic acids is 2. The van der Waals surface area contributed by atoms with E-state index in [2.05, 4.69) is 10.3 Å². The molecular weight excluding hydrogens is 466 g/mol. The van der Waals surface area contributed by atoms with Crippen LogP contribution in [0.15, 0.2) is 85.1 Å². The summed E-state index contributed by atoms with van der Waals surface area (Å²) in [6.07, 6.45) is 5.25. The largest absolute Gasteiger partial charge is 0.491 e. The molecular formula is C27H24ClN3O4. The van der Waals surface area contributed by atoms with Crippen LogP contribution in [-0.2, 0) is 11.2 Å². The zero-order valence-electron chi connectivity index (χ0n) is 18.7. The Kier molecular flexibility index (Phi) is 7.82. The van der Waals surface area contributed by atoms with Gasteiger partial charge in [0.15, 0.2) is 0 Å². The molecule has 0 saturated carbocycles. The van der Waals surface area contributed by atoms with Gasteiger partial charge < -0.3 is 15.0 Å². The number of hydrogen-bond acceptors (Lipinski definition) is 4. The van der Waals surface area contributed by atoms with Crippen molar-refractivity contribution in [1.29, 1.82) is 0 Å². The fraction of sp³-hybridized carbons (Fsp3) is 0.111. The number of amides is 2. The van der Waals surface area contributed by atoms with Crippen LogP contribution in [0.5, 0.6) is 5.75 Å². The molecule has 0 radical (unpaired) electrons. The van der Waals surface area contributed by atoms with E-state index in [4.69, 9.17) is 21.5 Å². The smallest absolute Gasteiger partial charge is 0.267 e. The number of nitrogens with one attached hydrogen (secondary N) is 3. The molecule has 0 aliphatic heterocycles. The maximum absolute atomic E-state index is 13.0. The lowest BCUT2D eigenvalue weighted by atomic mass is 10.0. The van der Waals surface area contributed by atoms with E-state index in [0.29, 0.717) is 22.8 Å². The molecule has 1 heterocycles. The molecule has 7 nitrogen and oxygen atoms in total. The average Bonchev–Trinajstić information content (AvgIpc) is 3.29. The molecule has 1 atom stereocenters. The Bertz CT molecular complexity index is 1370. The highest BCUT2D eigenvalue weighted by Crippen LogP contribution is 2.21. The summed E-state index contributed by atoms with van der Waals surface area (Å²) in [5.41, 5.74) is 4.74. The Morgan fingerprint density at radius 1 is 1.06 bits per heavy atom. The number of carbonyl (C=O) groups is 2. The molecule has 0 aliphatic rings. The summed E-state index contributed by atoms with van der Waals surface area (Å²) in [7, 11) is 0.